The zero-order chi connectivity index (χ0) is 18.4. The molecule has 0 saturated carbocycles. The summed E-state index contributed by atoms with van der Waals surface area (Å²) in [5.41, 5.74) is 2.29. The van der Waals surface area contributed by atoms with E-state index in [0.29, 0.717) is 17.8 Å². The molecule has 8 heteroatoms. The Balaban J connectivity index is 1.74. The van der Waals surface area contributed by atoms with Crippen LogP contribution in [0.2, 0.25) is 0 Å². The molecule has 0 aliphatic carbocycles. The van der Waals surface area contributed by atoms with Crippen LogP contribution in [0, 0.1) is 0 Å². The second-order valence-corrected chi connectivity index (χ2v) is 5.74. The van der Waals surface area contributed by atoms with Crippen molar-refractivity contribution in [3.05, 3.63) is 66.5 Å². The van der Waals surface area contributed by atoms with E-state index in [-0.39, 0.29) is 11.8 Å². The molecule has 1 heterocycles. The molecule has 0 bridgehead atoms. The largest absolute Gasteiger partial charge is 0.326 e. The van der Waals surface area contributed by atoms with Crippen LogP contribution in [-0.4, -0.2) is 32.0 Å². The van der Waals surface area contributed by atoms with Gasteiger partial charge in [-0.15, -0.1) is 5.10 Å². The second kappa shape index (κ2) is 8.02. The number of nitrogens with one attached hydrogen (secondary N) is 2. The normalized spacial score (nSPS) is 11.6. The van der Waals surface area contributed by atoms with Crippen LogP contribution in [0.15, 0.2) is 60.9 Å². The Bertz CT molecular complexity index is 862. The molecule has 0 spiro atoms. The molecule has 0 saturated heterocycles. The summed E-state index contributed by atoms with van der Waals surface area (Å²) >= 11 is 0. The van der Waals surface area contributed by atoms with Crippen molar-refractivity contribution in [3.8, 4) is 0 Å². The molecule has 26 heavy (non-hydrogen) atoms. The zero-order valence-electron chi connectivity index (χ0n) is 14.2. The summed E-state index contributed by atoms with van der Waals surface area (Å²) in [5, 5.41) is 16.7. The first-order valence-corrected chi connectivity index (χ1v) is 8.07. The molecule has 3 rings (SSSR count). The van der Waals surface area contributed by atoms with Crippen molar-refractivity contribution in [3.63, 3.8) is 0 Å². The number of hydrogen-bond donors (Lipinski definition) is 2. The number of carbonyl (C=O) groups is 2. The fourth-order valence-electron chi connectivity index (χ4n) is 2.52. The molecule has 0 unspecified atom stereocenters. The second-order valence-electron chi connectivity index (χ2n) is 5.74. The third-order valence-electron chi connectivity index (χ3n) is 3.73. The summed E-state index contributed by atoms with van der Waals surface area (Å²) in [5.74, 6) is -0.378. The first-order valence-electron chi connectivity index (χ1n) is 8.07. The molecule has 0 radical (unpaired) electrons. The minimum Gasteiger partial charge on any atom is -0.326 e. The molecule has 2 amide bonds. The van der Waals surface area contributed by atoms with Crippen LogP contribution >= 0.6 is 0 Å². The maximum atomic E-state index is 12.8. The number of benzene rings is 2. The van der Waals surface area contributed by atoms with Crippen molar-refractivity contribution in [2.24, 2.45) is 0 Å². The lowest BCUT2D eigenvalue weighted by molar-refractivity contribution is -0.119. The van der Waals surface area contributed by atoms with Crippen LogP contribution in [0.3, 0.4) is 0 Å². The standard InChI is InChI=1S/C18H18N6O2/c1-13(25)20-15-7-9-16(10-8-15)21-18(26)17(24-12-19-22-23-24)11-14-5-3-2-4-6-14/h2-10,12,17H,11H2,1H3,(H,20,25)(H,21,26)/t17-/m1/s1. The van der Waals surface area contributed by atoms with Gasteiger partial charge in [0.05, 0.1) is 0 Å². The highest BCUT2D eigenvalue weighted by atomic mass is 16.2. The number of anilines is 2. The smallest absolute Gasteiger partial charge is 0.249 e. The number of tetrazole rings is 1. The van der Waals surface area contributed by atoms with Crippen molar-refractivity contribution in [2.45, 2.75) is 19.4 Å². The highest BCUT2D eigenvalue weighted by Crippen LogP contribution is 2.18. The van der Waals surface area contributed by atoms with E-state index >= 15 is 0 Å². The third kappa shape index (κ3) is 4.50. The van der Waals surface area contributed by atoms with E-state index in [2.05, 4.69) is 26.2 Å². The van der Waals surface area contributed by atoms with Crippen molar-refractivity contribution < 1.29 is 9.59 Å². The van der Waals surface area contributed by atoms with Gasteiger partial charge in [0.2, 0.25) is 11.8 Å². The average Bonchev–Trinajstić information content (AvgIpc) is 3.16. The molecule has 1 atom stereocenters. The minimum absolute atomic E-state index is 0.150. The van der Waals surface area contributed by atoms with E-state index < -0.39 is 6.04 Å². The molecule has 8 nitrogen and oxygen atoms in total. The van der Waals surface area contributed by atoms with Gasteiger partial charge in [0.1, 0.15) is 12.4 Å². The summed E-state index contributed by atoms with van der Waals surface area (Å²) in [6.07, 6.45) is 1.88. The fraction of sp³-hybridized carbons (Fsp3) is 0.167. The lowest BCUT2D eigenvalue weighted by Gasteiger charge is -2.16. The number of nitrogens with zero attached hydrogens (tertiary/aromatic N) is 4. The van der Waals surface area contributed by atoms with Gasteiger partial charge in [-0.3, -0.25) is 9.59 Å². The highest BCUT2D eigenvalue weighted by Gasteiger charge is 2.22. The van der Waals surface area contributed by atoms with E-state index in [9.17, 15) is 9.59 Å². The lowest BCUT2D eigenvalue weighted by atomic mass is 10.1. The Morgan fingerprint density at radius 3 is 2.23 bits per heavy atom. The van der Waals surface area contributed by atoms with E-state index in [1.165, 1.54) is 17.9 Å². The van der Waals surface area contributed by atoms with Gasteiger partial charge in [0.15, 0.2) is 0 Å². The predicted molar refractivity (Wildman–Crippen MR) is 96.4 cm³/mol. The number of rotatable bonds is 6. The van der Waals surface area contributed by atoms with Crippen LogP contribution in [0.1, 0.15) is 18.5 Å². The average molecular weight is 350 g/mol. The van der Waals surface area contributed by atoms with Crippen LogP contribution in [0.25, 0.3) is 0 Å². The molecule has 132 valence electrons. The highest BCUT2D eigenvalue weighted by molar-refractivity contribution is 5.94. The molecule has 0 aliphatic heterocycles. The number of carbonyl (C=O) groups excluding carboxylic acids is 2. The van der Waals surface area contributed by atoms with Gasteiger partial charge in [-0.05, 0) is 40.3 Å². The zero-order valence-corrected chi connectivity index (χ0v) is 14.2. The molecule has 0 aliphatic rings. The van der Waals surface area contributed by atoms with Crippen molar-refractivity contribution >= 4 is 23.2 Å². The Morgan fingerprint density at radius 2 is 1.65 bits per heavy atom. The van der Waals surface area contributed by atoms with E-state index in [4.69, 9.17) is 0 Å². The number of amides is 2. The summed E-state index contributed by atoms with van der Waals surface area (Å²) < 4.78 is 1.44. The Morgan fingerprint density at radius 1 is 1.00 bits per heavy atom. The van der Waals surface area contributed by atoms with Gasteiger partial charge in [0, 0.05) is 24.7 Å². The molecule has 3 aromatic rings. The summed E-state index contributed by atoms with van der Waals surface area (Å²) in [6, 6.07) is 16.0. The Labute approximate surface area is 150 Å². The molecule has 1 aromatic heterocycles. The van der Waals surface area contributed by atoms with Crippen LogP contribution in [0.5, 0.6) is 0 Å². The molecular formula is C18H18N6O2. The summed E-state index contributed by atoms with van der Waals surface area (Å²) in [4.78, 5) is 23.8. The SMILES string of the molecule is CC(=O)Nc1ccc(NC(=O)[C@@H](Cc2ccccc2)n2cnnn2)cc1. The summed E-state index contributed by atoms with van der Waals surface area (Å²) in [6.45, 7) is 1.44. The van der Waals surface area contributed by atoms with Gasteiger partial charge < -0.3 is 10.6 Å². The monoisotopic (exact) mass is 350 g/mol. The Kier molecular flexibility index (Phi) is 5.33. The number of hydrogen-bond acceptors (Lipinski definition) is 5. The first kappa shape index (κ1) is 17.3. The van der Waals surface area contributed by atoms with E-state index in [0.717, 1.165) is 5.56 Å². The van der Waals surface area contributed by atoms with Gasteiger partial charge in [-0.2, -0.15) is 0 Å². The van der Waals surface area contributed by atoms with Crippen LogP contribution in [-0.2, 0) is 16.0 Å². The quantitative estimate of drug-likeness (QED) is 0.708. The van der Waals surface area contributed by atoms with Crippen molar-refractivity contribution in [2.75, 3.05) is 10.6 Å². The van der Waals surface area contributed by atoms with Gasteiger partial charge in [-0.1, -0.05) is 30.3 Å². The van der Waals surface area contributed by atoms with E-state index in [1.54, 1.807) is 24.3 Å². The third-order valence-corrected chi connectivity index (χ3v) is 3.73. The van der Waals surface area contributed by atoms with Crippen LogP contribution in [0.4, 0.5) is 11.4 Å². The molecule has 2 aromatic carbocycles. The van der Waals surface area contributed by atoms with Crippen LogP contribution < -0.4 is 10.6 Å². The van der Waals surface area contributed by atoms with Crippen molar-refractivity contribution in [1.82, 2.24) is 20.2 Å². The van der Waals surface area contributed by atoms with Gasteiger partial charge in [-0.25, -0.2) is 4.68 Å². The van der Waals surface area contributed by atoms with Crippen molar-refractivity contribution in [1.29, 1.82) is 0 Å². The molecule has 2 N–H and O–H groups in total. The van der Waals surface area contributed by atoms with Gasteiger partial charge in [0.25, 0.3) is 0 Å². The van der Waals surface area contributed by atoms with Gasteiger partial charge >= 0.3 is 0 Å². The van der Waals surface area contributed by atoms with E-state index in [1.807, 2.05) is 30.3 Å². The topological polar surface area (TPSA) is 102 Å². The lowest BCUT2D eigenvalue weighted by Crippen LogP contribution is -2.28. The Hall–Kier alpha value is -3.55. The minimum atomic E-state index is -0.581. The fourth-order valence-corrected chi connectivity index (χ4v) is 2.52. The number of aromatic nitrogens is 4. The maximum Gasteiger partial charge on any atom is 0.249 e. The molecular weight excluding hydrogens is 332 g/mol. The summed E-state index contributed by atoms with van der Waals surface area (Å²) in [7, 11) is 0. The first-order chi connectivity index (χ1) is 12.6. The maximum absolute atomic E-state index is 12.8. The predicted octanol–water partition coefficient (Wildman–Crippen LogP) is 2.05. The molecule has 0 fully saturated rings.